The summed E-state index contributed by atoms with van der Waals surface area (Å²) in [5.74, 6) is -1.58. The van der Waals surface area contributed by atoms with Gasteiger partial charge in [-0.25, -0.2) is 4.79 Å². The Hall–Kier alpha value is 0.140. The van der Waals surface area contributed by atoms with E-state index in [-0.39, 0.29) is 3.92 Å². The number of carboxylic acid groups (broad SMARTS) is 2. The molecule has 4 nitrogen and oxygen atoms in total. The molecule has 0 spiro atoms. The number of halogens is 2. The molecule has 0 amide bonds. The van der Waals surface area contributed by atoms with E-state index in [0.29, 0.717) is 10.0 Å². The first-order valence-electron chi connectivity index (χ1n) is 3.78. The first kappa shape index (κ1) is 16.6. The number of carbonyl (C=O) groups is 2. The smallest absolute Gasteiger partial charge is 0.341 e. The number of hydrogen-bond donors (Lipinski definition) is 2. The maximum absolute atomic E-state index is 9.92. The van der Waals surface area contributed by atoms with Gasteiger partial charge in [-0.05, 0) is 35.9 Å². The average Bonchev–Trinajstić information content (AvgIpc) is 2.15. The molecule has 1 atom stereocenters. The molecule has 6 heteroatoms. The highest BCUT2D eigenvalue weighted by molar-refractivity contribution is 14.1. The lowest BCUT2D eigenvalue weighted by atomic mass is 10.3. The Bertz CT molecular complexity index is 225. The fraction of sp³-hybridized carbons (Fsp3) is 0.500. The average molecular weight is 426 g/mol. The molecule has 0 fully saturated rings. The van der Waals surface area contributed by atoms with Gasteiger partial charge in [0.05, 0.1) is 3.58 Å². The van der Waals surface area contributed by atoms with Gasteiger partial charge in [-0.15, -0.1) is 0 Å². The fourth-order valence-electron chi connectivity index (χ4n) is 0.298. The van der Waals surface area contributed by atoms with E-state index < -0.39 is 11.9 Å². The van der Waals surface area contributed by atoms with Crippen LogP contribution in [0.1, 0.15) is 20.3 Å². The largest absolute Gasteiger partial charge is 0.480 e. The Morgan fingerprint density at radius 1 is 1.43 bits per heavy atom. The van der Waals surface area contributed by atoms with Gasteiger partial charge in [-0.2, -0.15) is 0 Å². The van der Waals surface area contributed by atoms with Crippen LogP contribution in [0, 0.1) is 0 Å². The Morgan fingerprint density at radius 2 is 1.86 bits per heavy atom. The molecule has 0 aliphatic rings. The van der Waals surface area contributed by atoms with Crippen molar-refractivity contribution in [3.63, 3.8) is 0 Å². The molecule has 0 aromatic heterocycles. The number of aliphatic carboxylic acids is 2. The molecular weight excluding hydrogens is 414 g/mol. The van der Waals surface area contributed by atoms with E-state index in [1.807, 2.05) is 29.5 Å². The fourth-order valence-corrected chi connectivity index (χ4v) is 0.298. The number of rotatable bonds is 3. The standard InChI is InChI=1S/C4H7IO2.C4H5IO2/c2*1-2-3(5)4(6)7/h3H,2H2,1H3,(H,6,7);2H,1H3,(H,6,7)/b;3-2-. The third-order valence-electron chi connectivity index (χ3n) is 1.08. The molecule has 0 heterocycles. The first-order valence-corrected chi connectivity index (χ1v) is 6.11. The van der Waals surface area contributed by atoms with Crippen LogP contribution < -0.4 is 0 Å². The second-order valence-corrected chi connectivity index (χ2v) is 4.82. The van der Waals surface area contributed by atoms with Crippen LogP contribution in [0.5, 0.6) is 0 Å². The molecule has 0 rings (SSSR count). The molecule has 1 unspecified atom stereocenters. The molecule has 0 saturated heterocycles. The Balaban J connectivity index is 0. The van der Waals surface area contributed by atoms with Gasteiger partial charge in [-0.1, -0.05) is 35.6 Å². The lowest BCUT2D eigenvalue weighted by Crippen LogP contribution is -2.09. The molecule has 0 bridgehead atoms. The first-order chi connectivity index (χ1) is 6.36. The second-order valence-electron chi connectivity index (χ2n) is 2.16. The predicted octanol–water partition coefficient (Wildman–Crippen LogP) is 2.69. The minimum absolute atomic E-state index is 0.211. The summed E-state index contributed by atoms with van der Waals surface area (Å²) in [5.41, 5.74) is 0. The van der Waals surface area contributed by atoms with Crippen LogP contribution >= 0.6 is 45.2 Å². The lowest BCUT2D eigenvalue weighted by molar-refractivity contribution is -0.136. The Labute approximate surface area is 110 Å². The second kappa shape index (κ2) is 9.69. The van der Waals surface area contributed by atoms with Crippen molar-refractivity contribution in [2.45, 2.75) is 24.2 Å². The molecule has 0 aliphatic carbocycles. The zero-order chi connectivity index (χ0) is 11.7. The van der Waals surface area contributed by atoms with Crippen molar-refractivity contribution in [3.05, 3.63) is 9.66 Å². The summed E-state index contributed by atoms with van der Waals surface area (Å²) in [7, 11) is 0. The highest BCUT2D eigenvalue weighted by Crippen LogP contribution is 2.03. The van der Waals surface area contributed by atoms with Crippen LogP contribution in [0.2, 0.25) is 0 Å². The maximum atomic E-state index is 9.92. The monoisotopic (exact) mass is 426 g/mol. The molecule has 0 aromatic carbocycles. The summed E-state index contributed by atoms with van der Waals surface area (Å²) >= 11 is 3.65. The van der Waals surface area contributed by atoms with Crippen LogP contribution in [-0.4, -0.2) is 26.1 Å². The molecule has 82 valence electrons. The molecule has 0 saturated carbocycles. The topological polar surface area (TPSA) is 74.6 Å². The van der Waals surface area contributed by atoms with Crippen LogP contribution in [-0.2, 0) is 9.59 Å². The van der Waals surface area contributed by atoms with E-state index in [4.69, 9.17) is 10.2 Å². The van der Waals surface area contributed by atoms with Crippen LogP contribution in [0.25, 0.3) is 0 Å². The Morgan fingerprint density at radius 3 is 1.86 bits per heavy atom. The lowest BCUT2D eigenvalue weighted by Gasteiger charge is -1.94. The molecule has 14 heavy (non-hydrogen) atoms. The van der Waals surface area contributed by atoms with Crippen molar-refractivity contribution in [2.75, 3.05) is 0 Å². The zero-order valence-corrected chi connectivity index (χ0v) is 12.1. The predicted molar refractivity (Wildman–Crippen MR) is 71.1 cm³/mol. The summed E-state index contributed by atoms with van der Waals surface area (Å²) in [5, 5.41) is 16.3. The van der Waals surface area contributed by atoms with Crippen LogP contribution in [0.4, 0.5) is 0 Å². The number of hydrogen-bond acceptors (Lipinski definition) is 2. The molecule has 0 aliphatic heterocycles. The van der Waals surface area contributed by atoms with E-state index in [0.717, 1.165) is 0 Å². The normalized spacial score (nSPS) is 12.4. The van der Waals surface area contributed by atoms with Crippen LogP contribution in [0.3, 0.4) is 0 Å². The highest BCUT2D eigenvalue weighted by Gasteiger charge is 2.07. The minimum atomic E-state index is -0.858. The van der Waals surface area contributed by atoms with Crippen molar-refractivity contribution >= 4 is 57.1 Å². The van der Waals surface area contributed by atoms with E-state index in [1.54, 1.807) is 35.6 Å². The third-order valence-corrected chi connectivity index (χ3v) is 3.58. The summed E-state index contributed by atoms with van der Waals surface area (Å²) in [4.78, 5) is 19.8. The summed E-state index contributed by atoms with van der Waals surface area (Å²) in [6.45, 7) is 3.54. The van der Waals surface area contributed by atoms with Crippen molar-refractivity contribution in [3.8, 4) is 0 Å². The highest BCUT2D eigenvalue weighted by atomic mass is 127. The third kappa shape index (κ3) is 10.2. The molecule has 0 radical (unpaired) electrons. The van der Waals surface area contributed by atoms with E-state index in [9.17, 15) is 9.59 Å². The van der Waals surface area contributed by atoms with Gasteiger partial charge in [0.25, 0.3) is 0 Å². The van der Waals surface area contributed by atoms with Gasteiger partial charge in [0, 0.05) is 0 Å². The molecular formula is C8H12I2O4. The van der Waals surface area contributed by atoms with Gasteiger partial charge in [0.2, 0.25) is 0 Å². The molecule has 2 N–H and O–H groups in total. The van der Waals surface area contributed by atoms with Gasteiger partial charge in [0.1, 0.15) is 3.92 Å². The SMILES string of the molecule is C/C=C(\I)C(=O)O.CCC(I)C(=O)O. The van der Waals surface area contributed by atoms with Crippen molar-refractivity contribution in [1.82, 2.24) is 0 Å². The van der Waals surface area contributed by atoms with E-state index in [1.165, 1.54) is 0 Å². The van der Waals surface area contributed by atoms with Gasteiger partial charge >= 0.3 is 11.9 Å². The minimum Gasteiger partial charge on any atom is -0.480 e. The quantitative estimate of drug-likeness (QED) is 0.414. The zero-order valence-electron chi connectivity index (χ0n) is 7.83. The van der Waals surface area contributed by atoms with Crippen molar-refractivity contribution in [1.29, 1.82) is 0 Å². The summed E-state index contributed by atoms with van der Waals surface area (Å²) in [6.07, 6.45) is 2.25. The van der Waals surface area contributed by atoms with Crippen molar-refractivity contribution in [2.24, 2.45) is 0 Å². The van der Waals surface area contributed by atoms with E-state index >= 15 is 0 Å². The summed E-state index contributed by atoms with van der Waals surface area (Å²) < 4.78 is 0.148. The van der Waals surface area contributed by atoms with Crippen molar-refractivity contribution < 1.29 is 19.8 Å². The number of carboxylic acids is 2. The van der Waals surface area contributed by atoms with Gasteiger partial charge < -0.3 is 10.2 Å². The van der Waals surface area contributed by atoms with Gasteiger partial charge in [-0.3, -0.25) is 4.79 Å². The Kier molecular flexibility index (Phi) is 11.5. The number of allylic oxidation sites excluding steroid dienone is 1. The van der Waals surface area contributed by atoms with Crippen LogP contribution in [0.15, 0.2) is 9.66 Å². The number of alkyl halides is 1. The van der Waals surface area contributed by atoms with E-state index in [2.05, 4.69) is 0 Å². The molecule has 0 aromatic rings. The van der Waals surface area contributed by atoms with Gasteiger partial charge in [0.15, 0.2) is 0 Å². The maximum Gasteiger partial charge on any atom is 0.341 e. The summed E-state index contributed by atoms with van der Waals surface area (Å²) in [6, 6.07) is 0.